The first-order chi connectivity index (χ1) is 13.2. The second-order valence-corrected chi connectivity index (χ2v) is 6.93. The Morgan fingerprint density at radius 2 is 1.78 bits per heavy atom. The smallest absolute Gasteiger partial charge is 0.227 e. The highest BCUT2D eigenvalue weighted by Gasteiger charge is 2.15. The van der Waals surface area contributed by atoms with Crippen molar-refractivity contribution in [2.24, 2.45) is 5.92 Å². The molecule has 0 saturated carbocycles. The minimum absolute atomic E-state index is 0.304. The third-order valence-corrected chi connectivity index (χ3v) is 4.57. The molecule has 27 heavy (non-hydrogen) atoms. The number of ether oxygens (including phenoxy) is 1. The van der Waals surface area contributed by atoms with Crippen LogP contribution in [0.2, 0.25) is 0 Å². The highest BCUT2D eigenvalue weighted by atomic mass is 16.5. The molecule has 0 aliphatic carbocycles. The van der Waals surface area contributed by atoms with E-state index in [1.54, 1.807) is 7.11 Å². The van der Waals surface area contributed by atoms with Gasteiger partial charge in [0.05, 0.1) is 7.11 Å². The van der Waals surface area contributed by atoms with E-state index in [-0.39, 0.29) is 0 Å². The van der Waals surface area contributed by atoms with Crippen molar-refractivity contribution in [3.8, 4) is 17.1 Å². The van der Waals surface area contributed by atoms with Gasteiger partial charge in [0.1, 0.15) is 5.75 Å². The maximum Gasteiger partial charge on any atom is 0.227 e. The Hall–Kier alpha value is -2.66. The molecular weight excluding hydrogens is 338 g/mol. The van der Waals surface area contributed by atoms with E-state index in [1.807, 2.05) is 42.5 Å². The molecular formula is C22H27N3O2. The fraction of sp³-hybridized carbons (Fsp3) is 0.364. The first-order valence-corrected chi connectivity index (χ1v) is 9.42. The van der Waals surface area contributed by atoms with E-state index in [0.717, 1.165) is 30.7 Å². The summed E-state index contributed by atoms with van der Waals surface area (Å²) in [4.78, 5) is 4.49. The van der Waals surface area contributed by atoms with Gasteiger partial charge in [0, 0.05) is 18.0 Å². The number of aromatic nitrogens is 2. The van der Waals surface area contributed by atoms with Crippen LogP contribution in [-0.2, 0) is 6.42 Å². The Morgan fingerprint density at radius 3 is 2.44 bits per heavy atom. The molecule has 1 atom stereocenters. The quantitative estimate of drug-likeness (QED) is 0.559. The molecule has 1 aromatic heterocycles. The summed E-state index contributed by atoms with van der Waals surface area (Å²) in [5.41, 5.74) is 2.25. The number of nitrogens with zero attached hydrogens (tertiary/aromatic N) is 2. The van der Waals surface area contributed by atoms with E-state index in [2.05, 4.69) is 41.4 Å². The van der Waals surface area contributed by atoms with Crippen LogP contribution >= 0.6 is 0 Å². The molecule has 2 aromatic carbocycles. The van der Waals surface area contributed by atoms with E-state index in [4.69, 9.17) is 9.26 Å². The van der Waals surface area contributed by atoms with Gasteiger partial charge in [-0.15, -0.1) is 0 Å². The largest absolute Gasteiger partial charge is 0.497 e. The van der Waals surface area contributed by atoms with Gasteiger partial charge in [-0.3, -0.25) is 0 Å². The van der Waals surface area contributed by atoms with E-state index in [1.165, 1.54) is 5.56 Å². The first-order valence-electron chi connectivity index (χ1n) is 9.42. The maximum absolute atomic E-state index is 5.38. The van der Waals surface area contributed by atoms with Crippen LogP contribution in [0.25, 0.3) is 11.4 Å². The lowest BCUT2D eigenvalue weighted by Gasteiger charge is -2.23. The van der Waals surface area contributed by atoms with Crippen molar-refractivity contribution in [2.45, 2.75) is 32.7 Å². The second kappa shape index (κ2) is 9.33. The van der Waals surface area contributed by atoms with E-state index < -0.39 is 0 Å². The highest BCUT2D eigenvalue weighted by molar-refractivity contribution is 5.53. The van der Waals surface area contributed by atoms with E-state index in [0.29, 0.717) is 23.7 Å². The van der Waals surface area contributed by atoms with Crippen molar-refractivity contribution >= 4 is 0 Å². The van der Waals surface area contributed by atoms with Crippen molar-refractivity contribution in [1.82, 2.24) is 15.5 Å². The molecule has 0 bridgehead atoms. The van der Waals surface area contributed by atoms with E-state index >= 15 is 0 Å². The summed E-state index contributed by atoms with van der Waals surface area (Å²) in [5, 5.41) is 7.73. The van der Waals surface area contributed by atoms with Gasteiger partial charge in [0.2, 0.25) is 11.7 Å². The van der Waals surface area contributed by atoms with Gasteiger partial charge in [-0.2, -0.15) is 4.98 Å². The molecule has 0 amide bonds. The Bertz CT molecular complexity index is 813. The average Bonchev–Trinajstić information content (AvgIpc) is 3.17. The van der Waals surface area contributed by atoms with Crippen molar-refractivity contribution < 1.29 is 9.26 Å². The molecule has 0 saturated heterocycles. The van der Waals surface area contributed by atoms with Crippen LogP contribution < -0.4 is 10.1 Å². The molecule has 0 radical (unpaired) electrons. The van der Waals surface area contributed by atoms with Crippen molar-refractivity contribution in [2.75, 3.05) is 13.7 Å². The number of hydrogen-bond donors (Lipinski definition) is 1. The summed E-state index contributed by atoms with van der Waals surface area (Å²) in [6.07, 6.45) is 1.70. The van der Waals surface area contributed by atoms with Gasteiger partial charge in [-0.05, 0) is 36.6 Å². The van der Waals surface area contributed by atoms with E-state index in [9.17, 15) is 0 Å². The maximum atomic E-state index is 5.38. The summed E-state index contributed by atoms with van der Waals surface area (Å²) in [6.45, 7) is 5.34. The average molecular weight is 365 g/mol. The topological polar surface area (TPSA) is 60.2 Å². The number of nitrogens with one attached hydrogen (secondary N) is 1. The molecule has 1 unspecified atom stereocenters. The summed E-state index contributed by atoms with van der Waals surface area (Å²) in [5.74, 6) is 2.70. The molecule has 1 heterocycles. The summed E-state index contributed by atoms with van der Waals surface area (Å²) >= 11 is 0. The minimum atomic E-state index is 0.304. The SMILES string of the molecule is COc1ccc(C(NCCCc2nc(-c3ccccc3)no2)C(C)C)cc1. The van der Waals surface area contributed by atoms with Crippen LogP contribution in [0.15, 0.2) is 59.1 Å². The Kier molecular flexibility index (Phi) is 6.60. The molecule has 5 heteroatoms. The Labute approximate surface area is 160 Å². The van der Waals surface area contributed by atoms with Crippen LogP contribution in [0.4, 0.5) is 0 Å². The predicted molar refractivity (Wildman–Crippen MR) is 107 cm³/mol. The second-order valence-electron chi connectivity index (χ2n) is 6.93. The molecule has 5 nitrogen and oxygen atoms in total. The monoisotopic (exact) mass is 365 g/mol. The molecule has 0 aliphatic rings. The van der Waals surface area contributed by atoms with Crippen LogP contribution in [0.1, 0.15) is 37.8 Å². The van der Waals surface area contributed by atoms with Crippen molar-refractivity contribution in [1.29, 1.82) is 0 Å². The lowest BCUT2D eigenvalue weighted by Crippen LogP contribution is -2.27. The molecule has 3 aromatic rings. The highest BCUT2D eigenvalue weighted by Crippen LogP contribution is 2.24. The van der Waals surface area contributed by atoms with Gasteiger partial charge in [-0.25, -0.2) is 0 Å². The van der Waals surface area contributed by atoms with Crippen LogP contribution in [-0.4, -0.2) is 23.8 Å². The number of rotatable bonds is 9. The Balaban J connectivity index is 1.51. The first kappa shape index (κ1) is 19.1. The van der Waals surface area contributed by atoms with Crippen LogP contribution in [0.3, 0.4) is 0 Å². The van der Waals surface area contributed by atoms with Crippen molar-refractivity contribution in [3.63, 3.8) is 0 Å². The third kappa shape index (κ3) is 5.17. The van der Waals surface area contributed by atoms with Crippen LogP contribution in [0, 0.1) is 5.92 Å². The zero-order valence-electron chi connectivity index (χ0n) is 16.2. The lowest BCUT2D eigenvalue weighted by atomic mass is 9.96. The van der Waals surface area contributed by atoms with Gasteiger partial charge < -0.3 is 14.6 Å². The Morgan fingerprint density at radius 1 is 1.04 bits per heavy atom. The fourth-order valence-electron chi connectivity index (χ4n) is 3.11. The normalized spacial score (nSPS) is 12.3. The van der Waals surface area contributed by atoms with Crippen molar-refractivity contribution in [3.05, 3.63) is 66.1 Å². The summed E-state index contributed by atoms with van der Waals surface area (Å²) in [6, 6.07) is 18.5. The molecule has 0 fully saturated rings. The minimum Gasteiger partial charge on any atom is -0.497 e. The predicted octanol–water partition coefficient (Wildman–Crippen LogP) is 4.66. The molecule has 142 valence electrons. The van der Waals surface area contributed by atoms with Gasteiger partial charge in [-0.1, -0.05) is 61.5 Å². The van der Waals surface area contributed by atoms with Gasteiger partial charge in [0.15, 0.2) is 0 Å². The van der Waals surface area contributed by atoms with Gasteiger partial charge in [0.25, 0.3) is 0 Å². The van der Waals surface area contributed by atoms with Crippen LogP contribution in [0.5, 0.6) is 5.75 Å². The number of hydrogen-bond acceptors (Lipinski definition) is 5. The number of methoxy groups -OCH3 is 1. The number of aryl methyl sites for hydroxylation is 1. The standard InChI is InChI=1S/C22H27N3O2/c1-16(2)21(17-11-13-19(26-3)14-12-17)23-15-7-10-20-24-22(25-27-20)18-8-5-4-6-9-18/h4-6,8-9,11-14,16,21,23H,7,10,15H2,1-3H3. The lowest BCUT2D eigenvalue weighted by molar-refractivity contribution is 0.366. The molecule has 1 N–H and O–H groups in total. The number of benzene rings is 2. The third-order valence-electron chi connectivity index (χ3n) is 4.57. The zero-order chi connectivity index (χ0) is 19.1. The molecule has 0 spiro atoms. The molecule has 3 rings (SSSR count). The molecule has 0 aliphatic heterocycles. The fourth-order valence-corrected chi connectivity index (χ4v) is 3.11. The zero-order valence-corrected chi connectivity index (χ0v) is 16.2. The summed E-state index contributed by atoms with van der Waals surface area (Å²) < 4.78 is 10.6. The van der Waals surface area contributed by atoms with Gasteiger partial charge >= 0.3 is 0 Å². The summed E-state index contributed by atoms with van der Waals surface area (Å²) in [7, 11) is 1.69.